The van der Waals surface area contributed by atoms with Crippen molar-refractivity contribution in [3.63, 3.8) is 0 Å². The van der Waals surface area contributed by atoms with E-state index in [9.17, 15) is 18.8 Å². The summed E-state index contributed by atoms with van der Waals surface area (Å²) in [5.74, 6) is -1.02. The number of nitriles is 1. The highest BCUT2D eigenvalue weighted by molar-refractivity contribution is 5.90. The number of methoxy groups -OCH3 is 2. The molecule has 0 aliphatic rings. The Morgan fingerprint density at radius 2 is 1.94 bits per heavy atom. The molecular weight excluding hydrogens is 444 g/mol. The van der Waals surface area contributed by atoms with Gasteiger partial charge in [-0.2, -0.15) is 5.26 Å². The number of fused-ring (bicyclic) bond motifs is 1. The molecule has 0 amide bonds. The highest BCUT2D eigenvalue weighted by Gasteiger charge is 2.17. The lowest BCUT2D eigenvalue weighted by atomic mass is 10.1. The smallest absolute Gasteiger partial charge is 0.340 e. The molecule has 172 valence electrons. The highest BCUT2D eigenvalue weighted by atomic mass is 19.1. The van der Waals surface area contributed by atoms with Gasteiger partial charge >= 0.3 is 5.97 Å². The van der Waals surface area contributed by atoms with Crippen molar-refractivity contribution in [2.75, 3.05) is 26.1 Å². The molecule has 0 atom stereocenters. The van der Waals surface area contributed by atoms with E-state index in [1.165, 1.54) is 44.8 Å². The van der Waals surface area contributed by atoms with Crippen LogP contribution in [0.3, 0.4) is 0 Å². The molecule has 10 heteroatoms. The van der Waals surface area contributed by atoms with Crippen LogP contribution >= 0.6 is 0 Å². The SMILES string of the molecule is COC(=O)c1ccc(-c2cc(NCCn3c(C#N)cc4c(OC)ccc(F)c43)ncn2)cc1F. The van der Waals surface area contributed by atoms with Crippen molar-refractivity contribution in [2.24, 2.45) is 0 Å². The van der Waals surface area contributed by atoms with Gasteiger partial charge in [-0.1, -0.05) is 6.07 Å². The Balaban J connectivity index is 1.54. The second-order valence-corrected chi connectivity index (χ2v) is 7.21. The third-order valence-corrected chi connectivity index (χ3v) is 5.28. The topological polar surface area (TPSA) is 102 Å². The minimum Gasteiger partial charge on any atom is -0.496 e. The number of nitrogens with one attached hydrogen (secondary N) is 1. The van der Waals surface area contributed by atoms with E-state index in [4.69, 9.17) is 4.74 Å². The van der Waals surface area contributed by atoms with Crippen LogP contribution in [0.5, 0.6) is 5.75 Å². The number of halogens is 2. The summed E-state index contributed by atoms with van der Waals surface area (Å²) >= 11 is 0. The minimum atomic E-state index is -0.766. The van der Waals surface area contributed by atoms with Crippen LogP contribution in [-0.4, -0.2) is 41.3 Å². The molecule has 4 rings (SSSR count). The van der Waals surface area contributed by atoms with Gasteiger partial charge in [-0.3, -0.25) is 0 Å². The molecule has 4 aromatic rings. The molecule has 0 spiro atoms. The summed E-state index contributed by atoms with van der Waals surface area (Å²) in [6, 6.07) is 12.2. The minimum absolute atomic E-state index is 0.172. The van der Waals surface area contributed by atoms with Crippen LogP contribution in [0, 0.1) is 23.0 Å². The Morgan fingerprint density at radius 3 is 2.65 bits per heavy atom. The zero-order valence-electron chi connectivity index (χ0n) is 18.3. The Morgan fingerprint density at radius 1 is 1.12 bits per heavy atom. The zero-order valence-corrected chi connectivity index (χ0v) is 18.3. The number of hydrogen-bond acceptors (Lipinski definition) is 7. The van der Waals surface area contributed by atoms with Crippen LogP contribution in [0.4, 0.5) is 14.6 Å². The van der Waals surface area contributed by atoms with Crippen molar-refractivity contribution < 1.29 is 23.0 Å². The number of benzene rings is 2. The van der Waals surface area contributed by atoms with E-state index in [2.05, 4.69) is 26.1 Å². The summed E-state index contributed by atoms with van der Waals surface area (Å²) in [4.78, 5) is 19.9. The Bertz CT molecular complexity index is 1430. The molecule has 8 nitrogen and oxygen atoms in total. The van der Waals surface area contributed by atoms with E-state index < -0.39 is 17.6 Å². The summed E-state index contributed by atoms with van der Waals surface area (Å²) in [5.41, 5.74) is 1.29. The Kier molecular flexibility index (Phi) is 6.36. The lowest BCUT2D eigenvalue weighted by Crippen LogP contribution is -2.13. The molecule has 0 bridgehead atoms. The molecule has 0 aliphatic carbocycles. The maximum absolute atomic E-state index is 14.6. The van der Waals surface area contributed by atoms with Crippen molar-refractivity contribution in [3.8, 4) is 23.1 Å². The van der Waals surface area contributed by atoms with E-state index in [0.717, 1.165) is 0 Å². The monoisotopic (exact) mass is 463 g/mol. The first-order valence-corrected chi connectivity index (χ1v) is 10.2. The van der Waals surface area contributed by atoms with Crippen molar-refractivity contribution >= 4 is 22.7 Å². The molecule has 0 radical (unpaired) electrons. The molecule has 0 fully saturated rings. The van der Waals surface area contributed by atoms with Gasteiger partial charge in [-0.05, 0) is 30.3 Å². The molecule has 2 heterocycles. The van der Waals surface area contributed by atoms with E-state index in [0.29, 0.717) is 40.4 Å². The number of esters is 1. The first-order chi connectivity index (χ1) is 16.5. The second-order valence-electron chi connectivity index (χ2n) is 7.21. The normalized spacial score (nSPS) is 10.7. The van der Waals surface area contributed by atoms with Gasteiger partial charge in [-0.15, -0.1) is 0 Å². The number of carbonyl (C=O) groups is 1. The van der Waals surface area contributed by atoms with Gasteiger partial charge in [-0.25, -0.2) is 23.5 Å². The zero-order chi connectivity index (χ0) is 24.2. The second kappa shape index (κ2) is 9.54. The van der Waals surface area contributed by atoms with Crippen LogP contribution in [-0.2, 0) is 11.3 Å². The van der Waals surface area contributed by atoms with Crippen molar-refractivity contribution in [2.45, 2.75) is 6.54 Å². The number of nitrogens with zero attached hydrogens (tertiary/aromatic N) is 4. The van der Waals surface area contributed by atoms with Crippen LogP contribution in [0.25, 0.3) is 22.2 Å². The average molecular weight is 463 g/mol. The van der Waals surface area contributed by atoms with Crippen LogP contribution in [0.1, 0.15) is 16.1 Å². The number of rotatable bonds is 7. The number of ether oxygens (including phenoxy) is 2. The maximum Gasteiger partial charge on any atom is 0.340 e. The summed E-state index contributed by atoms with van der Waals surface area (Å²) < 4.78 is 40.3. The first-order valence-electron chi connectivity index (χ1n) is 10.2. The first kappa shape index (κ1) is 22.7. The van der Waals surface area contributed by atoms with Gasteiger partial charge < -0.3 is 19.4 Å². The molecule has 0 unspecified atom stereocenters. The molecule has 2 aromatic heterocycles. The van der Waals surface area contributed by atoms with E-state index in [1.807, 2.05) is 0 Å². The Hall–Kier alpha value is -4.52. The van der Waals surface area contributed by atoms with Crippen molar-refractivity contribution in [1.82, 2.24) is 14.5 Å². The van der Waals surface area contributed by atoms with Gasteiger partial charge in [0, 0.05) is 30.1 Å². The van der Waals surface area contributed by atoms with Crippen molar-refractivity contribution in [1.29, 1.82) is 5.26 Å². The predicted molar refractivity (Wildman–Crippen MR) is 120 cm³/mol. The molecule has 34 heavy (non-hydrogen) atoms. The molecule has 0 aliphatic heterocycles. The predicted octanol–water partition coefficient (Wildman–Crippen LogP) is 4.16. The average Bonchev–Trinajstić information content (AvgIpc) is 3.23. The van der Waals surface area contributed by atoms with Gasteiger partial charge in [0.05, 0.1) is 31.0 Å². The number of aromatic nitrogens is 3. The third kappa shape index (κ3) is 4.23. The van der Waals surface area contributed by atoms with E-state index >= 15 is 0 Å². The highest BCUT2D eigenvalue weighted by Crippen LogP contribution is 2.31. The summed E-state index contributed by atoms with van der Waals surface area (Å²) in [6.07, 6.45) is 1.32. The third-order valence-electron chi connectivity index (χ3n) is 5.28. The van der Waals surface area contributed by atoms with Gasteiger partial charge in [0.1, 0.15) is 41.3 Å². The van der Waals surface area contributed by atoms with Crippen LogP contribution < -0.4 is 10.1 Å². The summed E-state index contributed by atoms with van der Waals surface area (Å²) in [7, 11) is 2.66. The number of carbonyl (C=O) groups excluding carboxylic acids is 1. The van der Waals surface area contributed by atoms with Crippen LogP contribution in [0.2, 0.25) is 0 Å². The fourth-order valence-corrected chi connectivity index (χ4v) is 3.67. The van der Waals surface area contributed by atoms with Crippen molar-refractivity contribution in [3.05, 3.63) is 71.7 Å². The molecular formula is C24H19F2N5O3. The number of anilines is 1. The van der Waals surface area contributed by atoms with Gasteiger partial charge in [0.2, 0.25) is 0 Å². The van der Waals surface area contributed by atoms with Crippen LogP contribution in [0.15, 0.2) is 48.8 Å². The lowest BCUT2D eigenvalue weighted by molar-refractivity contribution is 0.0595. The molecule has 0 saturated carbocycles. The molecule has 1 N–H and O–H groups in total. The summed E-state index contributed by atoms with van der Waals surface area (Å²) in [5, 5.41) is 13.1. The van der Waals surface area contributed by atoms with Gasteiger partial charge in [0.25, 0.3) is 0 Å². The van der Waals surface area contributed by atoms with E-state index in [-0.39, 0.29) is 17.6 Å². The quantitative estimate of drug-likeness (QED) is 0.411. The molecule has 0 saturated heterocycles. The molecule has 2 aromatic carbocycles. The number of hydrogen-bond donors (Lipinski definition) is 1. The van der Waals surface area contributed by atoms with Gasteiger partial charge in [0.15, 0.2) is 0 Å². The summed E-state index contributed by atoms with van der Waals surface area (Å²) in [6.45, 7) is 0.597. The Labute approximate surface area is 193 Å². The standard InChI is InChI=1S/C24H19F2N5O3/c1-33-21-6-5-18(25)23-17(21)10-15(12-27)31(23)8-7-28-22-11-20(29-13-30-22)14-3-4-16(19(26)9-14)24(32)34-2/h3-6,9-11,13H,7-8H2,1-2H3,(H,28,29,30). The lowest BCUT2D eigenvalue weighted by Gasteiger charge is -2.11. The maximum atomic E-state index is 14.6. The largest absolute Gasteiger partial charge is 0.496 e. The van der Waals surface area contributed by atoms with E-state index in [1.54, 1.807) is 22.8 Å². The fourth-order valence-electron chi connectivity index (χ4n) is 3.67. The fraction of sp³-hybridized carbons (Fsp3) is 0.167.